The van der Waals surface area contributed by atoms with Gasteiger partial charge < -0.3 is 9.47 Å². The zero-order valence-electron chi connectivity index (χ0n) is 36.9. The Balaban J connectivity index is 4.18. The van der Waals surface area contributed by atoms with Crippen LogP contribution in [0.4, 0.5) is 0 Å². The number of hydrogen-bond acceptors (Lipinski definition) is 4. The summed E-state index contributed by atoms with van der Waals surface area (Å²) in [7, 11) is 0. The molecule has 0 saturated carbocycles. The minimum Gasteiger partial charge on any atom is -0.466 e. The normalized spacial score (nSPS) is 11.9. The van der Waals surface area contributed by atoms with Crippen LogP contribution in [0.5, 0.6) is 0 Å². The summed E-state index contributed by atoms with van der Waals surface area (Å²) in [5.41, 5.74) is 0. The zero-order chi connectivity index (χ0) is 39.3. The molecule has 1 atom stereocenters. The number of ether oxygens (including phenoxy) is 2. The van der Waals surface area contributed by atoms with Crippen molar-refractivity contribution >= 4 is 11.9 Å². The fourth-order valence-electron chi connectivity index (χ4n) is 7.73. The third kappa shape index (κ3) is 41.8. The lowest BCUT2D eigenvalue weighted by atomic mass is 9.97. The van der Waals surface area contributed by atoms with Crippen LogP contribution < -0.4 is 0 Å². The number of rotatable bonds is 46. The molecular weight excluding hydrogens is 665 g/mol. The van der Waals surface area contributed by atoms with E-state index in [1.54, 1.807) is 0 Å². The van der Waals surface area contributed by atoms with Crippen molar-refractivity contribution in [2.75, 3.05) is 13.2 Å². The molecule has 0 aliphatic carbocycles. The summed E-state index contributed by atoms with van der Waals surface area (Å²) in [5.74, 6) is -0.769. The van der Waals surface area contributed by atoms with Gasteiger partial charge in [-0.25, -0.2) is 0 Å². The van der Waals surface area contributed by atoms with Gasteiger partial charge in [-0.05, 0) is 32.1 Å². The van der Waals surface area contributed by atoms with Crippen molar-refractivity contribution in [2.24, 2.45) is 5.92 Å². The SMILES string of the molecule is C=CCCCCCCCCCCCCCCCCCCC(CC(=O)OCCCCCCCCCCCCC)C(=O)OCCCCCCCCCCCCC. The quantitative estimate of drug-likeness (QED) is 0.0352. The summed E-state index contributed by atoms with van der Waals surface area (Å²) in [4.78, 5) is 25.9. The van der Waals surface area contributed by atoms with Crippen LogP contribution in [-0.4, -0.2) is 25.2 Å². The zero-order valence-corrected chi connectivity index (χ0v) is 36.9. The smallest absolute Gasteiger partial charge is 0.309 e. The van der Waals surface area contributed by atoms with E-state index in [1.807, 2.05) is 6.08 Å². The molecule has 0 fully saturated rings. The van der Waals surface area contributed by atoms with E-state index < -0.39 is 0 Å². The molecule has 320 valence electrons. The van der Waals surface area contributed by atoms with Crippen LogP contribution in [0.15, 0.2) is 12.7 Å². The fraction of sp³-hybridized carbons (Fsp3) is 0.920. The molecule has 0 radical (unpaired) electrons. The van der Waals surface area contributed by atoms with Crippen molar-refractivity contribution in [3.05, 3.63) is 12.7 Å². The van der Waals surface area contributed by atoms with E-state index in [4.69, 9.17) is 9.47 Å². The molecule has 54 heavy (non-hydrogen) atoms. The minimum absolute atomic E-state index is 0.171. The van der Waals surface area contributed by atoms with Gasteiger partial charge in [0.2, 0.25) is 0 Å². The first-order valence-corrected chi connectivity index (χ1v) is 24.6. The predicted octanol–water partition coefficient (Wildman–Crippen LogP) is 16.9. The molecule has 0 aromatic rings. The average molecular weight is 761 g/mol. The van der Waals surface area contributed by atoms with Crippen LogP contribution in [-0.2, 0) is 19.1 Å². The van der Waals surface area contributed by atoms with E-state index in [1.165, 1.54) is 212 Å². The molecule has 4 nitrogen and oxygen atoms in total. The largest absolute Gasteiger partial charge is 0.466 e. The second-order valence-corrected chi connectivity index (χ2v) is 16.9. The fourth-order valence-corrected chi connectivity index (χ4v) is 7.73. The van der Waals surface area contributed by atoms with E-state index in [0.717, 1.165) is 44.9 Å². The van der Waals surface area contributed by atoms with Gasteiger partial charge in [0, 0.05) is 0 Å². The lowest BCUT2D eigenvalue weighted by Gasteiger charge is -2.16. The maximum Gasteiger partial charge on any atom is 0.309 e. The van der Waals surface area contributed by atoms with E-state index in [9.17, 15) is 9.59 Å². The molecule has 0 heterocycles. The average Bonchev–Trinajstić information content (AvgIpc) is 3.17. The first-order chi connectivity index (χ1) is 26.7. The van der Waals surface area contributed by atoms with Crippen LogP contribution in [0.3, 0.4) is 0 Å². The Hall–Kier alpha value is -1.32. The van der Waals surface area contributed by atoms with Crippen molar-refractivity contribution in [2.45, 2.75) is 277 Å². The molecule has 0 spiro atoms. The third-order valence-corrected chi connectivity index (χ3v) is 11.5. The second-order valence-electron chi connectivity index (χ2n) is 16.9. The third-order valence-electron chi connectivity index (χ3n) is 11.5. The summed E-state index contributed by atoms with van der Waals surface area (Å²) < 4.78 is 11.4. The van der Waals surface area contributed by atoms with Gasteiger partial charge >= 0.3 is 11.9 Å². The van der Waals surface area contributed by atoms with Crippen molar-refractivity contribution in [3.8, 4) is 0 Å². The van der Waals surface area contributed by atoms with E-state index in [2.05, 4.69) is 20.4 Å². The maximum absolute atomic E-state index is 13.1. The molecule has 0 aliphatic heterocycles. The van der Waals surface area contributed by atoms with Gasteiger partial charge in [0.25, 0.3) is 0 Å². The summed E-state index contributed by atoms with van der Waals surface area (Å²) in [6.45, 7) is 9.31. The monoisotopic (exact) mass is 761 g/mol. The number of carbonyl (C=O) groups is 2. The Morgan fingerprint density at radius 1 is 0.407 bits per heavy atom. The molecule has 0 bridgehead atoms. The van der Waals surface area contributed by atoms with Crippen LogP contribution in [0.25, 0.3) is 0 Å². The highest BCUT2D eigenvalue weighted by Crippen LogP contribution is 2.20. The summed E-state index contributed by atoms with van der Waals surface area (Å²) >= 11 is 0. The van der Waals surface area contributed by atoms with Gasteiger partial charge in [-0.2, -0.15) is 0 Å². The highest BCUT2D eigenvalue weighted by atomic mass is 16.5. The number of unbranched alkanes of at least 4 members (excludes halogenated alkanes) is 36. The van der Waals surface area contributed by atoms with Crippen molar-refractivity contribution < 1.29 is 19.1 Å². The Kier molecular flexibility index (Phi) is 44.9. The molecule has 0 N–H and O–H groups in total. The molecule has 0 aliphatic rings. The Morgan fingerprint density at radius 3 is 1.06 bits per heavy atom. The molecule has 0 amide bonds. The van der Waals surface area contributed by atoms with Crippen LogP contribution >= 0.6 is 0 Å². The maximum atomic E-state index is 13.1. The van der Waals surface area contributed by atoms with Gasteiger partial charge in [-0.1, -0.05) is 245 Å². The van der Waals surface area contributed by atoms with Crippen LogP contribution in [0, 0.1) is 5.92 Å². The van der Waals surface area contributed by atoms with Gasteiger partial charge in [-0.3, -0.25) is 9.59 Å². The molecule has 4 heteroatoms. The summed E-state index contributed by atoms with van der Waals surface area (Å²) in [5, 5.41) is 0. The molecule has 0 aromatic heterocycles. The number of allylic oxidation sites excluding steroid dienone is 1. The lowest BCUT2D eigenvalue weighted by Crippen LogP contribution is -2.23. The second kappa shape index (κ2) is 46.1. The van der Waals surface area contributed by atoms with E-state index >= 15 is 0 Å². The van der Waals surface area contributed by atoms with Gasteiger partial charge in [-0.15, -0.1) is 6.58 Å². The molecule has 0 aromatic carbocycles. The number of hydrogen-bond donors (Lipinski definition) is 0. The highest BCUT2D eigenvalue weighted by Gasteiger charge is 2.24. The van der Waals surface area contributed by atoms with Gasteiger partial charge in [0.15, 0.2) is 0 Å². The Labute approximate surface area is 338 Å². The predicted molar refractivity (Wildman–Crippen MR) is 236 cm³/mol. The van der Waals surface area contributed by atoms with Gasteiger partial charge in [0.05, 0.1) is 25.6 Å². The van der Waals surface area contributed by atoms with Crippen LogP contribution in [0.1, 0.15) is 277 Å². The lowest BCUT2D eigenvalue weighted by molar-refractivity contribution is -0.155. The Morgan fingerprint density at radius 2 is 0.704 bits per heavy atom. The van der Waals surface area contributed by atoms with E-state index in [0.29, 0.717) is 13.2 Å². The molecular formula is C50H96O4. The van der Waals surface area contributed by atoms with Gasteiger partial charge in [0.1, 0.15) is 0 Å². The minimum atomic E-state index is -0.361. The molecule has 1 unspecified atom stereocenters. The highest BCUT2D eigenvalue weighted by molar-refractivity contribution is 5.79. The standard InChI is InChI=1S/C50H96O4/c1-4-7-10-13-16-19-22-23-24-25-26-27-28-29-32-35-38-41-44-48(50(52)54-46-43-40-37-34-31-21-18-15-12-9-6-3)47-49(51)53-45-42-39-36-33-30-20-17-14-11-8-5-2/h4,48H,1,5-47H2,2-3H3. The number of esters is 2. The van der Waals surface area contributed by atoms with E-state index in [-0.39, 0.29) is 24.3 Å². The first kappa shape index (κ1) is 52.7. The topological polar surface area (TPSA) is 52.6 Å². The van der Waals surface area contributed by atoms with Crippen molar-refractivity contribution in [1.29, 1.82) is 0 Å². The van der Waals surface area contributed by atoms with Crippen LogP contribution in [0.2, 0.25) is 0 Å². The summed E-state index contributed by atoms with van der Waals surface area (Å²) in [6, 6.07) is 0. The van der Waals surface area contributed by atoms with Crippen molar-refractivity contribution in [1.82, 2.24) is 0 Å². The molecule has 0 saturated heterocycles. The summed E-state index contributed by atoms with van der Waals surface area (Å²) in [6.07, 6.45) is 53.4. The Bertz CT molecular complexity index is 764. The van der Waals surface area contributed by atoms with Crippen molar-refractivity contribution in [3.63, 3.8) is 0 Å². The first-order valence-electron chi connectivity index (χ1n) is 24.6. The number of carbonyl (C=O) groups excluding carboxylic acids is 2. The molecule has 0 rings (SSSR count).